The Labute approximate surface area is 37.1 Å². The summed E-state index contributed by atoms with van der Waals surface area (Å²) in [5.74, 6) is 0. The molecule has 38 valence electrons. The zero-order valence-electron chi connectivity index (χ0n) is 1.72. The average molecular weight is 108 g/mol. The molecule has 0 aromatic rings. The van der Waals surface area contributed by atoms with Crippen LogP contribution in [0.25, 0.3) is 0 Å². The topological polar surface area (TPSA) is 0 Å². The summed E-state index contributed by atoms with van der Waals surface area (Å²) in [7, 11) is 0. The van der Waals surface area contributed by atoms with Crippen LogP contribution in [0.1, 0.15) is 0 Å². The second-order valence-electron chi connectivity index (χ2n) is 0. The summed E-state index contributed by atoms with van der Waals surface area (Å²) in [6.45, 7) is 0. The molecule has 0 fully saturated rings. The van der Waals surface area contributed by atoms with Gasteiger partial charge in [0.25, 0.3) is 0 Å². The summed E-state index contributed by atoms with van der Waals surface area (Å²) in [5.41, 5.74) is 0. The summed E-state index contributed by atoms with van der Waals surface area (Å²) < 4.78 is 0. The van der Waals surface area contributed by atoms with E-state index < -0.39 is 0 Å². The second-order valence-corrected chi connectivity index (χ2v) is 0. The molecule has 0 spiro atoms. The van der Waals surface area contributed by atoms with Gasteiger partial charge in [-0.2, -0.15) is 13.5 Å². The fraction of sp³-hybridized carbons (Fsp3) is 0. The number of rotatable bonds is 0. The zero-order chi connectivity index (χ0) is 0. The summed E-state index contributed by atoms with van der Waals surface area (Å²) in [5, 5.41) is 0. The highest BCUT2D eigenvalue weighted by molar-refractivity contribution is 7.59. The average Bonchev–Trinajstić information content (AvgIpc) is 0. The minimum Gasteiger partial charge on any atom is -0.269 e. The van der Waals surface area contributed by atoms with Crippen molar-refractivity contribution in [3.8, 4) is 0 Å². The van der Waals surface area contributed by atoms with E-state index in [2.05, 4.69) is 0 Å². The molecule has 0 aliphatic heterocycles. The van der Waals surface area contributed by atoms with Gasteiger partial charge >= 0.3 is 0 Å². The predicted molar refractivity (Wildman–Crippen MR) is 27.8 cm³/mol. The molecule has 0 N–H and O–H groups in total. The van der Waals surface area contributed by atoms with E-state index in [9.17, 15) is 0 Å². The van der Waals surface area contributed by atoms with Crippen LogP contribution in [0.3, 0.4) is 0 Å². The lowest BCUT2D eigenvalue weighted by molar-refractivity contribution is 1.11. The van der Waals surface area contributed by atoms with Crippen LogP contribution in [0.5, 0.6) is 0 Å². The minimum atomic E-state index is 0. The van der Waals surface area contributed by atoms with Crippen LogP contribution in [0.4, 0.5) is 14.1 Å². The molecule has 0 saturated heterocycles. The van der Waals surface area contributed by atoms with E-state index in [1.807, 2.05) is 0 Å². The molecule has 0 aromatic carbocycles. The van der Waals surface area contributed by atoms with Crippen LogP contribution < -0.4 is 0 Å². The van der Waals surface area contributed by atoms with Crippen LogP contribution in [0.15, 0.2) is 0 Å². The van der Waals surface area contributed by atoms with Crippen molar-refractivity contribution in [1.82, 2.24) is 0 Å². The first kappa shape index (κ1) is 2190. The third-order valence-electron chi connectivity index (χ3n) is 0. The van der Waals surface area contributed by atoms with Gasteiger partial charge in [-0.25, -0.2) is 0 Å². The molecule has 0 rings (SSSR count). The monoisotopic (exact) mass is 108 g/mol. The molecule has 0 nitrogen and oxygen atoms in total. The molecular weight excluding hydrogens is 99.9 g/mol. The van der Waals surface area contributed by atoms with Crippen molar-refractivity contribution in [2.75, 3.05) is 0 Å². The van der Waals surface area contributed by atoms with Gasteiger partial charge in [-0.05, 0) is 0 Å². The normalized spacial score (nSPS) is 0. The van der Waals surface area contributed by atoms with Gasteiger partial charge in [0.1, 0.15) is 0 Å². The van der Waals surface area contributed by atoms with Crippen LogP contribution in [-0.2, 0) is 0 Å². The highest BCUT2D eigenvalue weighted by atomic mass is 32.1. The smallest absolute Gasteiger partial charge is 0.0814 e. The fourth-order valence-electron chi connectivity index (χ4n) is 0. The predicted octanol–water partition coefficient (Wildman–Crippen LogP) is -0.614. The van der Waals surface area contributed by atoms with E-state index in [4.69, 9.17) is 0 Å². The Morgan fingerprint density at radius 1 is 0.600 bits per heavy atom. The maximum Gasteiger partial charge on any atom is 0.0814 e. The zero-order valence-corrected chi connectivity index (χ0v) is 2.72. The Morgan fingerprint density at radius 3 is 0.600 bits per heavy atom. The van der Waals surface area contributed by atoms with E-state index in [-0.39, 0.29) is 36.0 Å². The Kier molecular flexibility index (Phi) is 451000. The van der Waals surface area contributed by atoms with Crippen molar-refractivity contribution in [2.45, 2.75) is 0 Å². The first-order valence-electron chi connectivity index (χ1n) is 0. The Hall–Kier alpha value is 0.205. The number of halogens is 3. The summed E-state index contributed by atoms with van der Waals surface area (Å²) in [4.78, 5) is 0. The highest BCUT2D eigenvalue weighted by Gasteiger charge is 0.0814. The quantitative estimate of drug-likeness (QED) is 0.363. The minimum absolute atomic E-state index is 0. The van der Waals surface area contributed by atoms with Crippen molar-refractivity contribution >= 4 is 21.9 Å². The van der Waals surface area contributed by atoms with E-state index >= 15 is 0 Å². The lowest BCUT2D eigenvalue weighted by Crippen LogP contribution is -0.381. The fourth-order valence-corrected chi connectivity index (χ4v) is 0. The maximum absolute atomic E-state index is 0. The van der Waals surface area contributed by atoms with Crippen LogP contribution in [0.2, 0.25) is 0 Å². The Morgan fingerprint density at radius 2 is 0.600 bits per heavy atom. The van der Waals surface area contributed by atoms with E-state index in [0.717, 1.165) is 0 Å². The van der Waals surface area contributed by atoms with E-state index in [1.54, 1.807) is 0 Å². The molecule has 0 aliphatic rings. The van der Waals surface area contributed by atoms with Gasteiger partial charge in [0.15, 0.2) is 0 Å². The van der Waals surface area contributed by atoms with Gasteiger partial charge in [-0.1, -0.05) is 0 Å². The molecule has 0 amide bonds. The van der Waals surface area contributed by atoms with Gasteiger partial charge in [0, 0.05) is 0 Å². The van der Waals surface area contributed by atoms with Gasteiger partial charge in [-0.15, -0.1) is 0 Å². The number of hydrogen-bond acceptors (Lipinski definition) is 0. The SMILES string of the molecule is B.F.F.F.S. The lowest BCUT2D eigenvalue weighted by atomic mass is 10.8. The summed E-state index contributed by atoms with van der Waals surface area (Å²) in [6.07, 6.45) is 0. The van der Waals surface area contributed by atoms with Crippen LogP contribution in [-0.4, -0.2) is 8.41 Å². The maximum atomic E-state index is 0. The summed E-state index contributed by atoms with van der Waals surface area (Å²) >= 11 is 0. The lowest BCUT2D eigenvalue weighted by Gasteiger charge is -0.270. The summed E-state index contributed by atoms with van der Waals surface area (Å²) in [6, 6.07) is 0. The van der Waals surface area contributed by atoms with Crippen LogP contribution >= 0.6 is 13.5 Å². The van der Waals surface area contributed by atoms with E-state index in [0.29, 0.717) is 0 Å². The van der Waals surface area contributed by atoms with Crippen LogP contribution in [0, 0.1) is 0 Å². The molecule has 0 bridgehead atoms. The van der Waals surface area contributed by atoms with Gasteiger partial charge in [0.05, 0.1) is 8.41 Å². The molecule has 0 aliphatic carbocycles. The molecule has 0 unspecified atom stereocenters. The Balaban J connectivity index is 0. The molecule has 0 heterocycles. The molecule has 0 saturated carbocycles. The first-order chi connectivity index (χ1) is 0. The van der Waals surface area contributed by atoms with Crippen molar-refractivity contribution < 1.29 is 14.1 Å². The Bertz CT molecular complexity index is 6.85. The molecule has 5 heteroatoms. The van der Waals surface area contributed by atoms with Gasteiger partial charge < -0.3 is 0 Å². The standard InChI is InChI=1S/BH3.3FH.H2S/h1H3;3*1H;1H2. The van der Waals surface area contributed by atoms with E-state index in [1.165, 1.54) is 0 Å². The van der Waals surface area contributed by atoms with Crippen molar-refractivity contribution in [2.24, 2.45) is 0 Å². The van der Waals surface area contributed by atoms with Gasteiger partial charge in [0.2, 0.25) is 0 Å². The molecule has 0 aromatic heterocycles. The second kappa shape index (κ2) is 1030. The molecule has 5 heavy (non-hydrogen) atoms. The van der Waals surface area contributed by atoms with Crippen molar-refractivity contribution in [3.63, 3.8) is 0 Å². The third kappa shape index (κ3) is 487. The van der Waals surface area contributed by atoms with Crippen molar-refractivity contribution in [1.29, 1.82) is 0 Å². The molecule has 0 atom stereocenters. The largest absolute Gasteiger partial charge is 0.269 e. The highest BCUT2D eigenvalue weighted by Crippen LogP contribution is 0.648. The third-order valence-corrected chi connectivity index (χ3v) is 0. The number of hydrogen-bond donors (Lipinski definition) is 0. The first-order valence-corrected chi connectivity index (χ1v) is 0. The van der Waals surface area contributed by atoms with Gasteiger partial charge in [-0.3, -0.25) is 14.1 Å². The molecule has 0 radical (unpaired) electrons. The molecular formula is H8BF3S. The van der Waals surface area contributed by atoms with Crippen molar-refractivity contribution in [3.05, 3.63) is 0 Å².